The van der Waals surface area contributed by atoms with Crippen LogP contribution in [0.25, 0.3) is 0 Å². The van der Waals surface area contributed by atoms with Gasteiger partial charge in [0.15, 0.2) is 5.82 Å². The highest BCUT2D eigenvalue weighted by atomic mass is 32.2. The van der Waals surface area contributed by atoms with Crippen molar-refractivity contribution in [1.82, 2.24) is 9.97 Å². The summed E-state index contributed by atoms with van der Waals surface area (Å²) in [4.78, 5) is 19.0. The van der Waals surface area contributed by atoms with Crippen LogP contribution in [-0.4, -0.2) is 28.3 Å². The molecule has 6 heteroatoms. The van der Waals surface area contributed by atoms with Crippen molar-refractivity contribution in [2.45, 2.75) is 17.2 Å². The largest absolute Gasteiger partial charge is 0.468 e. The van der Waals surface area contributed by atoms with Crippen molar-refractivity contribution in [2.75, 3.05) is 12.8 Å². The first-order chi connectivity index (χ1) is 6.65. The Kier molecular flexibility index (Phi) is 3.70. The number of rotatable bonds is 3. The molecule has 1 unspecified atom stereocenters. The molecular weight excluding hydrogens is 202 g/mol. The van der Waals surface area contributed by atoms with Crippen molar-refractivity contribution in [2.24, 2.45) is 0 Å². The lowest BCUT2D eigenvalue weighted by molar-refractivity contribution is -0.139. The first-order valence-electron chi connectivity index (χ1n) is 3.96. The second kappa shape index (κ2) is 4.80. The van der Waals surface area contributed by atoms with E-state index in [9.17, 15) is 4.79 Å². The first kappa shape index (κ1) is 10.8. The second-order valence-corrected chi connectivity index (χ2v) is 3.86. The molecule has 0 aliphatic heterocycles. The average Bonchev–Trinajstić information content (AvgIpc) is 2.20. The zero-order chi connectivity index (χ0) is 10.6. The number of nitrogen functional groups attached to an aromatic ring is 1. The molecule has 14 heavy (non-hydrogen) atoms. The maximum absolute atomic E-state index is 11.1. The van der Waals surface area contributed by atoms with E-state index in [-0.39, 0.29) is 11.2 Å². The molecule has 1 aromatic heterocycles. The molecule has 1 rings (SSSR count). The Bertz CT molecular complexity index is 332. The lowest BCUT2D eigenvalue weighted by Crippen LogP contribution is -2.15. The first-order valence-corrected chi connectivity index (χ1v) is 4.84. The van der Waals surface area contributed by atoms with Crippen molar-refractivity contribution in [3.05, 3.63) is 12.4 Å². The third-order valence-corrected chi connectivity index (χ3v) is 2.60. The molecule has 1 atom stereocenters. The summed E-state index contributed by atoms with van der Waals surface area (Å²) in [6.07, 6.45) is 3.03. The quantitative estimate of drug-likeness (QED) is 0.588. The van der Waals surface area contributed by atoms with E-state index in [1.165, 1.54) is 31.3 Å². The molecule has 0 spiro atoms. The van der Waals surface area contributed by atoms with Gasteiger partial charge in [-0.05, 0) is 6.92 Å². The maximum Gasteiger partial charge on any atom is 0.318 e. The highest BCUT2D eigenvalue weighted by molar-refractivity contribution is 8.00. The molecule has 0 bridgehead atoms. The Balaban J connectivity index is 2.69. The Morgan fingerprint density at radius 1 is 1.57 bits per heavy atom. The molecule has 1 heterocycles. The van der Waals surface area contributed by atoms with Gasteiger partial charge in [0, 0.05) is 12.4 Å². The normalized spacial score (nSPS) is 12.1. The number of ether oxygens (including phenoxy) is 1. The minimum atomic E-state index is -0.334. The van der Waals surface area contributed by atoms with Gasteiger partial charge in [0.05, 0.1) is 7.11 Å². The van der Waals surface area contributed by atoms with Gasteiger partial charge in [0.2, 0.25) is 0 Å². The maximum atomic E-state index is 11.1. The topological polar surface area (TPSA) is 78.1 Å². The monoisotopic (exact) mass is 213 g/mol. The van der Waals surface area contributed by atoms with Crippen LogP contribution in [0.4, 0.5) is 5.82 Å². The molecule has 2 N–H and O–H groups in total. The van der Waals surface area contributed by atoms with Gasteiger partial charge in [-0.2, -0.15) is 0 Å². The van der Waals surface area contributed by atoms with Gasteiger partial charge in [-0.1, -0.05) is 11.8 Å². The van der Waals surface area contributed by atoms with Crippen LogP contribution >= 0.6 is 11.8 Å². The standard InChI is InChI=1S/C8H11N3O2S/c1-5(8(12)13-2)14-7-6(9)10-3-4-11-7/h3-5H,1-2H3,(H2,9,10). The molecule has 0 radical (unpaired) electrons. The zero-order valence-corrected chi connectivity index (χ0v) is 8.75. The van der Waals surface area contributed by atoms with Gasteiger partial charge in [-0.15, -0.1) is 0 Å². The highest BCUT2D eigenvalue weighted by Gasteiger charge is 2.16. The second-order valence-electron chi connectivity index (χ2n) is 2.53. The third-order valence-electron chi connectivity index (χ3n) is 1.51. The van der Waals surface area contributed by atoms with Crippen molar-refractivity contribution in [3.63, 3.8) is 0 Å². The van der Waals surface area contributed by atoms with Crippen LogP contribution in [0.2, 0.25) is 0 Å². The van der Waals surface area contributed by atoms with Gasteiger partial charge in [0.1, 0.15) is 10.3 Å². The van der Waals surface area contributed by atoms with Gasteiger partial charge in [-0.25, -0.2) is 9.97 Å². The fourth-order valence-corrected chi connectivity index (χ4v) is 1.63. The molecule has 0 saturated carbocycles. The number of anilines is 1. The highest BCUT2D eigenvalue weighted by Crippen LogP contribution is 2.24. The molecule has 1 aromatic rings. The van der Waals surface area contributed by atoms with Crippen LogP contribution in [0.15, 0.2) is 17.4 Å². The minimum absolute atomic E-state index is 0.306. The van der Waals surface area contributed by atoms with Crippen LogP contribution < -0.4 is 5.73 Å². The number of thioether (sulfide) groups is 1. The summed E-state index contributed by atoms with van der Waals surface area (Å²) in [6, 6.07) is 0. The lowest BCUT2D eigenvalue weighted by atomic mass is 10.5. The van der Waals surface area contributed by atoms with E-state index in [1.54, 1.807) is 6.92 Å². The zero-order valence-electron chi connectivity index (χ0n) is 7.93. The predicted molar refractivity (Wildman–Crippen MR) is 53.8 cm³/mol. The number of carbonyl (C=O) groups excluding carboxylic acids is 1. The summed E-state index contributed by atoms with van der Waals surface area (Å²) in [5.74, 6) is 0.0216. The number of hydrogen-bond acceptors (Lipinski definition) is 6. The van der Waals surface area contributed by atoms with E-state index < -0.39 is 0 Å². The van der Waals surface area contributed by atoms with E-state index in [0.29, 0.717) is 10.8 Å². The van der Waals surface area contributed by atoms with Gasteiger partial charge in [0.25, 0.3) is 0 Å². The van der Waals surface area contributed by atoms with Gasteiger partial charge in [-0.3, -0.25) is 4.79 Å². The summed E-state index contributed by atoms with van der Waals surface area (Å²) in [5.41, 5.74) is 5.56. The van der Waals surface area contributed by atoms with Crippen LogP contribution in [-0.2, 0) is 9.53 Å². The molecule has 76 valence electrons. The smallest absolute Gasteiger partial charge is 0.318 e. The minimum Gasteiger partial charge on any atom is -0.468 e. The predicted octanol–water partition coefficient (Wildman–Crippen LogP) is 0.712. The van der Waals surface area contributed by atoms with Crippen molar-refractivity contribution < 1.29 is 9.53 Å². The van der Waals surface area contributed by atoms with Gasteiger partial charge < -0.3 is 10.5 Å². The molecule has 0 fully saturated rings. The molecule has 0 aromatic carbocycles. The number of aromatic nitrogens is 2. The van der Waals surface area contributed by atoms with E-state index in [1.807, 2.05) is 0 Å². The molecule has 0 amide bonds. The van der Waals surface area contributed by atoms with E-state index in [4.69, 9.17) is 5.73 Å². The van der Waals surface area contributed by atoms with Crippen LogP contribution in [0, 0.1) is 0 Å². The number of esters is 1. The van der Waals surface area contributed by atoms with Crippen molar-refractivity contribution >= 4 is 23.5 Å². The molecule has 0 aliphatic carbocycles. The Morgan fingerprint density at radius 2 is 2.21 bits per heavy atom. The number of carbonyl (C=O) groups is 1. The Labute approximate surface area is 86.1 Å². The van der Waals surface area contributed by atoms with E-state index >= 15 is 0 Å². The molecule has 5 nitrogen and oxygen atoms in total. The van der Waals surface area contributed by atoms with Crippen molar-refractivity contribution in [3.8, 4) is 0 Å². The summed E-state index contributed by atoms with van der Waals surface area (Å²) >= 11 is 1.23. The molecule has 0 aliphatic rings. The fourth-order valence-electron chi connectivity index (χ4n) is 0.808. The number of hydrogen-bond donors (Lipinski definition) is 1. The third kappa shape index (κ3) is 2.59. The van der Waals surface area contributed by atoms with Crippen molar-refractivity contribution in [1.29, 1.82) is 0 Å². The van der Waals surface area contributed by atoms with Crippen LogP contribution in [0.1, 0.15) is 6.92 Å². The fraction of sp³-hybridized carbons (Fsp3) is 0.375. The van der Waals surface area contributed by atoms with E-state index in [0.717, 1.165) is 0 Å². The number of nitrogens with zero attached hydrogens (tertiary/aromatic N) is 2. The number of methoxy groups -OCH3 is 1. The summed E-state index contributed by atoms with van der Waals surface area (Å²) in [7, 11) is 1.35. The number of nitrogens with two attached hydrogens (primary N) is 1. The Morgan fingerprint density at radius 3 is 2.79 bits per heavy atom. The molecular formula is C8H11N3O2S. The van der Waals surface area contributed by atoms with Gasteiger partial charge >= 0.3 is 5.97 Å². The summed E-state index contributed by atoms with van der Waals surface area (Å²) in [6.45, 7) is 1.73. The van der Waals surface area contributed by atoms with Crippen LogP contribution in [0.5, 0.6) is 0 Å². The molecule has 0 saturated heterocycles. The average molecular weight is 213 g/mol. The van der Waals surface area contributed by atoms with E-state index in [2.05, 4.69) is 14.7 Å². The SMILES string of the molecule is COC(=O)C(C)Sc1nccnc1N. The Hall–Kier alpha value is -1.30. The summed E-state index contributed by atoms with van der Waals surface area (Å²) < 4.78 is 4.58. The lowest BCUT2D eigenvalue weighted by Gasteiger charge is -2.08. The van der Waals surface area contributed by atoms with Crippen LogP contribution in [0.3, 0.4) is 0 Å². The summed E-state index contributed by atoms with van der Waals surface area (Å²) in [5, 5.41) is 0.212.